The Morgan fingerprint density at radius 3 is 2.27 bits per heavy atom. The van der Waals surface area contributed by atoms with Crippen LogP contribution in [0.2, 0.25) is 0 Å². The molecule has 26 heavy (non-hydrogen) atoms. The van der Waals surface area contributed by atoms with Gasteiger partial charge in [-0.05, 0) is 18.6 Å². The maximum atomic E-state index is 11.9. The lowest BCUT2D eigenvalue weighted by Crippen LogP contribution is -2.42. The molecule has 0 aliphatic rings. The van der Waals surface area contributed by atoms with E-state index in [1.54, 1.807) is 19.2 Å². The minimum atomic E-state index is -0.0788. The number of guanidine groups is 1. The van der Waals surface area contributed by atoms with E-state index < -0.39 is 0 Å². The van der Waals surface area contributed by atoms with Crippen molar-refractivity contribution in [2.45, 2.75) is 19.8 Å². The summed E-state index contributed by atoms with van der Waals surface area (Å²) in [7, 11) is 1.71. The molecule has 0 atom stereocenters. The summed E-state index contributed by atoms with van der Waals surface area (Å²) >= 11 is 0. The maximum Gasteiger partial charge on any atom is 0.251 e. The van der Waals surface area contributed by atoms with Crippen molar-refractivity contribution in [2.75, 3.05) is 53.1 Å². The second-order valence-electron chi connectivity index (χ2n) is 5.63. The van der Waals surface area contributed by atoms with Crippen LogP contribution < -0.4 is 16.0 Å². The lowest BCUT2D eigenvalue weighted by Gasteiger charge is -2.12. The number of benzene rings is 1. The zero-order chi connectivity index (χ0) is 18.9. The first-order valence-corrected chi connectivity index (χ1v) is 9.21. The molecule has 7 heteroatoms. The quantitative estimate of drug-likeness (QED) is 0.280. The van der Waals surface area contributed by atoms with Crippen molar-refractivity contribution < 1.29 is 14.3 Å². The molecule has 0 unspecified atom stereocenters. The van der Waals surface area contributed by atoms with Crippen molar-refractivity contribution in [1.29, 1.82) is 0 Å². The molecular weight excluding hydrogens is 332 g/mol. The monoisotopic (exact) mass is 364 g/mol. The molecule has 0 saturated heterocycles. The minimum Gasteiger partial charge on any atom is -0.379 e. The third-order valence-electron chi connectivity index (χ3n) is 3.52. The van der Waals surface area contributed by atoms with Crippen molar-refractivity contribution >= 4 is 11.9 Å². The van der Waals surface area contributed by atoms with Crippen LogP contribution in [0.15, 0.2) is 35.3 Å². The Bertz CT molecular complexity index is 509. The third kappa shape index (κ3) is 10.7. The zero-order valence-electron chi connectivity index (χ0n) is 15.9. The minimum absolute atomic E-state index is 0.0788. The fraction of sp³-hybridized carbons (Fsp3) is 0.579. The fourth-order valence-corrected chi connectivity index (χ4v) is 2.08. The summed E-state index contributed by atoms with van der Waals surface area (Å²) in [5.41, 5.74) is 0.658. The average Bonchev–Trinajstić information content (AvgIpc) is 2.68. The van der Waals surface area contributed by atoms with Gasteiger partial charge in [0.1, 0.15) is 0 Å². The first kappa shape index (κ1) is 21.9. The largest absolute Gasteiger partial charge is 0.379 e. The number of nitrogens with zero attached hydrogens (tertiary/aromatic N) is 1. The smallest absolute Gasteiger partial charge is 0.251 e. The summed E-state index contributed by atoms with van der Waals surface area (Å²) < 4.78 is 10.9. The predicted molar refractivity (Wildman–Crippen MR) is 105 cm³/mol. The standard InChI is InChI=1S/C19H32N4O3/c1-3-4-13-25-15-16-26-14-12-23-19(20-2)22-11-10-21-18(24)17-8-6-5-7-9-17/h5-9H,3-4,10-16H2,1-2H3,(H,21,24)(H2,20,22,23). The van der Waals surface area contributed by atoms with Gasteiger partial charge in [0.2, 0.25) is 0 Å². The molecule has 0 aliphatic heterocycles. The zero-order valence-corrected chi connectivity index (χ0v) is 15.9. The van der Waals surface area contributed by atoms with E-state index in [0.717, 1.165) is 19.4 Å². The van der Waals surface area contributed by atoms with Crippen LogP contribution in [0.3, 0.4) is 0 Å². The van der Waals surface area contributed by atoms with Crippen molar-refractivity contribution in [1.82, 2.24) is 16.0 Å². The number of hydrogen-bond donors (Lipinski definition) is 3. The highest BCUT2D eigenvalue weighted by Crippen LogP contribution is 1.96. The molecule has 1 aromatic carbocycles. The third-order valence-corrected chi connectivity index (χ3v) is 3.52. The lowest BCUT2D eigenvalue weighted by molar-refractivity contribution is 0.0487. The molecule has 1 aromatic rings. The van der Waals surface area contributed by atoms with Gasteiger partial charge in [0.15, 0.2) is 5.96 Å². The Morgan fingerprint density at radius 1 is 0.923 bits per heavy atom. The number of unbranched alkanes of at least 4 members (excludes halogenated alkanes) is 1. The van der Waals surface area contributed by atoms with E-state index in [-0.39, 0.29) is 5.91 Å². The number of nitrogens with one attached hydrogen (secondary N) is 3. The van der Waals surface area contributed by atoms with E-state index >= 15 is 0 Å². The summed E-state index contributed by atoms with van der Waals surface area (Å²) in [5.74, 6) is 0.603. The van der Waals surface area contributed by atoms with Crippen LogP contribution in [0.4, 0.5) is 0 Å². The van der Waals surface area contributed by atoms with Crippen molar-refractivity contribution in [3.63, 3.8) is 0 Å². The number of ether oxygens (including phenoxy) is 2. The highest BCUT2D eigenvalue weighted by atomic mass is 16.5. The predicted octanol–water partition coefficient (Wildman–Crippen LogP) is 1.41. The van der Waals surface area contributed by atoms with Crippen LogP contribution in [-0.4, -0.2) is 65.0 Å². The summed E-state index contributed by atoms with van der Waals surface area (Å²) in [6.07, 6.45) is 2.24. The highest BCUT2D eigenvalue weighted by Gasteiger charge is 2.03. The van der Waals surface area contributed by atoms with Crippen LogP contribution >= 0.6 is 0 Å². The van der Waals surface area contributed by atoms with E-state index in [9.17, 15) is 4.79 Å². The SMILES string of the molecule is CCCCOCCOCCNC(=NC)NCCNC(=O)c1ccccc1. The van der Waals surface area contributed by atoms with Gasteiger partial charge in [0.05, 0.1) is 19.8 Å². The Hall–Kier alpha value is -2.12. The Morgan fingerprint density at radius 2 is 1.58 bits per heavy atom. The molecule has 0 aromatic heterocycles. The van der Waals surface area contributed by atoms with Gasteiger partial charge in [-0.1, -0.05) is 31.5 Å². The Labute approximate surface area is 156 Å². The van der Waals surface area contributed by atoms with Crippen LogP contribution in [0, 0.1) is 0 Å². The number of hydrogen-bond acceptors (Lipinski definition) is 4. The average molecular weight is 364 g/mol. The van der Waals surface area contributed by atoms with Crippen molar-refractivity contribution in [3.8, 4) is 0 Å². The molecule has 0 fully saturated rings. The topological polar surface area (TPSA) is 84.0 Å². The van der Waals surface area contributed by atoms with Gasteiger partial charge >= 0.3 is 0 Å². The molecule has 7 nitrogen and oxygen atoms in total. The molecule has 1 amide bonds. The molecule has 0 spiro atoms. The summed E-state index contributed by atoms with van der Waals surface area (Å²) in [6.45, 7) is 6.52. The molecule has 146 valence electrons. The molecule has 0 saturated carbocycles. The molecule has 0 bridgehead atoms. The second-order valence-corrected chi connectivity index (χ2v) is 5.63. The molecule has 3 N–H and O–H groups in total. The Kier molecular flexibility index (Phi) is 12.8. The van der Waals surface area contributed by atoms with E-state index in [1.807, 2.05) is 18.2 Å². The second kappa shape index (κ2) is 15.2. The van der Waals surface area contributed by atoms with Gasteiger partial charge < -0.3 is 25.4 Å². The molecule has 0 heterocycles. The fourth-order valence-electron chi connectivity index (χ4n) is 2.08. The van der Waals surface area contributed by atoms with E-state index in [1.165, 1.54) is 0 Å². The number of carbonyl (C=O) groups excluding carboxylic acids is 1. The van der Waals surface area contributed by atoms with E-state index in [4.69, 9.17) is 9.47 Å². The lowest BCUT2D eigenvalue weighted by atomic mass is 10.2. The summed E-state index contributed by atoms with van der Waals surface area (Å²) in [6, 6.07) is 9.16. The Balaban J connectivity index is 2.01. The molecule has 1 rings (SSSR count). The van der Waals surface area contributed by atoms with Crippen molar-refractivity contribution in [3.05, 3.63) is 35.9 Å². The summed E-state index contributed by atoms with van der Waals surface area (Å²) in [5, 5.41) is 9.17. The van der Waals surface area contributed by atoms with Gasteiger partial charge in [-0.15, -0.1) is 0 Å². The molecular formula is C19H32N4O3. The summed E-state index contributed by atoms with van der Waals surface area (Å²) in [4.78, 5) is 16.0. The van der Waals surface area contributed by atoms with Crippen LogP contribution in [-0.2, 0) is 9.47 Å². The normalized spacial score (nSPS) is 11.2. The van der Waals surface area contributed by atoms with Gasteiger partial charge in [-0.25, -0.2) is 0 Å². The first-order chi connectivity index (χ1) is 12.8. The van der Waals surface area contributed by atoms with E-state index in [2.05, 4.69) is 27.9 Å². The van der Waals surface area contributed by atoms with Crippen LogP contribution in [0.25, 0.3) is 0 Å². The first-order valence-electron chi connectivity index (χ1n) is 9.21. The van der Waals surface area contributed by atoms with Crippen LogP contribution in [0.1, 0.15) is 30.1 Å². The van der Waals surface area contributed by atoms with Gasteiger partial charge in [0.25, 0.3) is 5.91 Å². The van der Waals surface area contributed by atoms with Gasteiger partial charge in [-0.3, -0.25) is 9.79 Å². The van der Waals surface area contributed by atoms with Crippen molar-refractivity contribution in [2.24, 2.45) is 4.99 Å². The molecule has 0 radical (unpaired) electrons. The van der Waals surface area contributed by atoms with Gasteiger partial charge in [0, 0.05) is 38.9 Å². The van der Waals surface area contributed by atoms with E-state index in [0.29, 0.717) is 51.0 Å². The van der Waals surface area contributed by atoms with Gasteiger partial charge in [-0.2, -0.15) is 0 Å². The number of carbonyl (C=O) groups is 1. The van der Waals surface area contributed by atoms with Crippen LogP contribution in [0.5, 0.6) is 0 Å². The highest BCUT2D eigenvalue weighted by molar-refractivity contribution is 5.94. The maximum absolute atomic E-state index is 11.9. The molecule has 0 aliphatic carbocycles. The number of amides is 1. The number of aliphatic imine (C=N–C) groups is 1. The number of rotatable bonds is 13.